The van der Waals surface area contributed by atoms with Crippen molar-refractivity contribution in [1.29, 1.82) is 0 Å². The predicted octanol–water partition coefficient (Wildman–Crippen LogP) is 3.36. The van der Waals surface area contributed by atoms with Crippen LogP contribution < -0.4 is 15.8 Å². The Bertz CT molecular complexity index is 767. The van der Waals surface area contributed by atoms with Gasteiger partial charge in [-0.3, -0.25) is 4.79 Å². The molecule has 0 saturated heterocycles. The van der Waals surface area contributed by atoms with E-state index in [0.717, 1.165) is 11.1 Å². The Kier molecular flexibility index (Phi) is 6.22. The normalized spacial score (nSPS) is 10.9. The Balaban J connectivity index is 2.01. The molecule has 2 rings (SSSR count). The maximum absolute atomic E-state index is 11.6. The van der Waals surface area contributed by atoms with Gasteiger partial charge in [-0.05, 0) is 50.1 Å². The van der Waals surface area contributed by atoms with Gasteiger partial charge in [0.1, 0.15) is 18.0 Å². The van der Waals surface area contributed by atoms with Crippen molar-refractivity contribution in [2.45, 2.75) is 26.4 Å². The second-order valence-electron chi connectivity index (χ2n) is 6.75. The van der Waals surface area contributed by atoms with Gasteiger partial charge < -0.3 is 20.5 Å². The maximum atomic E-state index is 11.6. The SMILES string of the molecule is CC(C)(C)OC(=O)NCCOc1cc(C(N)=O)cc(-c2ccccc2)c1. The Hall–Kier alpha value is -3.02. The van der Waals surface area contributed by atoms with Crippen LogP contribution in [0.25, 0.3) is 11.1 Å². The topological polar surface area (TPSA) is 90.7 Å². The van der Waals surface area contributed by atoms with Crippen molar-refractivity contribution in [3.05, 3.63) is 54.1 Å². The molecule has 0 aliphatic carbocycles. The lowest BCUT2D eigenvalue weighted by molar-refractivity contribution is 0.0520. The lowest BCUT2D eigenvalue weighted by Gasteiger charge is -2.19. The average molecular weight is 356 g/mol. The molecule has 6 nitrogen and oxygen atoms in total. The molecule has 2 amide bonds. The van der Waals surface area contributed by atoms with E-state index in [4.69, 9.17) is 15.2 Å². The monoisotopic (exact) mass is 356 g/mol. The third-order valence-corrected chi connectivity index (χ3v) is 3.34. The van der Waals surface area contributed by atoms with Crippen LogP contribution in [0.3, 0.4) is 0 Å². The highest BCUT2D eigenvalue weighted by Crippen LogP contribution is 2.26. The van der Waals surface area contributed by atoms with E-state index in [2.05, 4.69) is 5.32 Å². The Labute approximate surface area is 153 Å². The lowest BCUT2D eigenvalue weighted by Crippen LogP contribution is -2.34. The summed E-state index contributed by atoms with van der Waals surface area (Å²) in [5.74, 6) is -0.0225. The molecule has 0 unspecified atom stereocenters. The maximum Gasteiger partial charge on any atom is 0.407 e. The molecule has 0 fully saturated rings. The summed E-state index contributed by atoms with van der Waals surface area (Å²) in [6.07, 6.45) is -0.503. The number of ether oxygens (including phenoxy) is 2. The summed E-state index contributed by atoms with van der Waals surface area (Å²) >= 11 is 0. The average Bonchev–Trinajstić information content (AvgIpc) is 2.57. The summed E-state index contributed by atoms with van der Waals surface area (Å²) in [4.78, 5) is 23.2. The first kappa shape index (κ1) is 19.3. The van der Waals surface area contributed by atoms with Crippen molar-refractivity contribution in [2.75, 3.05) is 13.2 Å². The summed E-state index contributed by atoms with van der Waals surface area (Å²) in [7, 11) is 0. The number of rotatable bonds is 6. The van der Waals surface area contributed by atoms with Crippen LogP contribution in [0, 0.1) is 0 Å². The zero-order valence-corrected chi connectivity index (χ0v) is 15.2. The molecule has 0 spiro atoms. The van der Waals surface area contributed by atoms with E-state index in [1.165, 1.54) is 0 Å². The molecular weight excluding hydrogens is 332 g/mol. The molecule has 3 N–H and O–H groups in total. The summed E-state index contributed by atoms with van der Waals surface area (Å²) in [6, 6.07) is 14.8. The zero-order chi connectivity index (χ0) is 19.2. The minimum absolute atomic E-state index is 0.232. The first-order valence-electron chi connectivity index (χ1n) is 8.34. The Morgan fingerprint density at radius 2 is 1.73 bits per heavy atom. The summed E-state index contributed by atoms with van der Waals surface area (Å²) in [5, 5.41) is 2.62. The Morgan fingerprint density at radius 3 is 2.35 bits per heavy atom. The van der Waals surface area contributed by atoms with Gasteiger partial charge in [-0.2, -0.15) is 0 Å². The van der Waals surface area contributed by atoms with E-state index in [-0.39, 0.29) is 13.2 Å². The van der Waals surface area contributed by atoms with Gasteiger partial charge in [-0.25, -0.2) is 4.79 Å². The first-order chi connectivity index (χ1) is 12.2. The highest BCUT2D eigenvalue weighted by Gasteiger charge is 2.15. The molecule has 138 valence electrons. The zero-order valence-electron chi connectivity index (χ0n) is 15.2. The summed E-state index contributed by atoms with van der Waals surface area (Å²) < 4.78 is 10.8. The second-order valence-corrected chi connectivity index (χ2v) is 6.75. The van der Waals surface area contributed by atoms with Crippen molar-refractivity contribution < 1.29 is 19.1 Å². The van der Waals surface area contributed by atoms with Gasteiger partial charge in [-0.1, -0.05) is 30.3 Å². The lowest BCUT2D eigenvalue weighted by atomic mass is 10.0. The third-order valence-electron chi connectivity index (χ3n) is 3.34. The fraction of sp³-hybridized carbons (Fsp3) is 0.300. The minimum atomic E-state index is -0.550. The van der Waals surface area contributed by atoms with E-state index >= 15 is 0 Å². The number of carbonyl (C=O) groups excluding carboxylic acids is 2. The van der Waals surface area contributed by atoms with E-state index in [1.54, 1.807) is 32.9 Å². The van der Waals surface area contributed by atoms with E-state index in [9.17, 15) is 9.59 Å². The van der Waals surface area contributed by atoms with Crippen LogP contribution in [-0.2, 0) is 4.74 Å². The number of amides is 2. The van der Waals surface area contributed by atoms with Gasteiger partial charge in [-0.15, -0.1) is 0 Å². The van der Waals surface area contributed by atoms with Crippen molar-refractivity contribution in [2.24, 2.45) is 5.73 Å². The minimum Gasteiger partial charge on any atom is -0.492 e. The molecule has 0 heterocycles. The van der Waals surface area contributed by atoms with Crippen LogP contribution in [-0.4, -0.2) is 30.8 Å². The fourth-order valence-corrected chi connectivity index (χ4v) is 2.26. The van der Waals surface area contributed by atoms with E-state index in [1.807, 2.05) is 36.4 Å². The van der Waals surface area contributed by atoms with Gasteiger partial charge in [0.25, 0.3) is 0 Å². The van der Waals surface area contributed by atoms with Crippen LogP contribution in [0.15, 0.2) is 48.5 Å². The molecule has 0 bridgehead atoms. The quantitative estimate of drug-likeness (QED) is 0.777. The Morgan fingerprint density at radius 1 is 1.04 bits per heavy atom. The first-order valence-corrected chi connectivity index (χ1v) is 8.34. The van der Waals surface area contributed by atoms with Crippen molar-refractivity contribution >= 4 is 12.0 Å². The van der Waals surface area contributed by atoms with E-state index in [0.29, 0.717) is 11.3 Å². The van der Waals surface area contributed by atoms with Crippen LogP contribution in [0.4, 0.5) is 4.79 Å². The fourth-order valence-electron chi connectivity index (χ4n) is 2.26. The van der Waals surface area contributed by atoms with Gasteiger partial charge in [0.2, 0.25) is 5.91 Å². The largest absolute Gasteiger partial charge is 0.492 e. The van der Waals surface area contributed by atoms with Crippen LogP contribution >= 0.6 is 0 Å². The van der Waals surface area contributed by atoms with Crippen LogP contribution in [0.5, 0.6) is 5.75 Å². The molecule has 0 saturated carbocycles. The van der Waals surface area contributed by atoms with Gasteiger partial charge in [0.05, 0.1) is 6.54 Å². The molecule has 2 aromatic carbocycles. The highest BCUT2D eigenvalue weighted by molar-refractivity contribution is 5.94. The third kappa shape index (κ3) is 6.12. The molecule has 0 radical (unpaired) electrons. The predicted molar refractivity (Wildman–Crippen MR) is 100 cm³/mol. The molecular formula is C20H24N2O4. The molecule has 0 aromatic heterocycles. The molecule has 0 aliphatic heterocycles. The summed E-state index contributed by atoms with van der Waals surface area (Å²) in [6.45, 7) is 5.89. The number of nitrogens with one attached hydrogen (secondary N) is 1. The highest BCUT2D eigenvalue weighted by atomic mass is 16.6. The van der Waals surface area contributed by atoms with Gasteiger partial charge in [0, 0.05) is 5.56 Å². The molecule has 6 heteroatoms. The smallest absolute Gasteiger partial charge is 0.407 e. The number of hydrogen-bond donors (Lipinski definition) is 2. The second kappa shape index (κ2) is 8.38. The van der Waals surface area contributed by atoms with Gasteiger partial charge >= 0.3 is 6.09 Å². The number of primary amides is 1. The molecule has 26 heavy (non-hydrogen) atoms. The molecule has 0 atom stereocenters. The number of alkyl carbamates (subject to hydrolysis) is 1. The van der Waals surface area contributed by atoms with Gasteiger partial charge in [0.15, 0.2) is 0 Å². The molecule has 2 aromatic rings. The van der Waals surface area contributed by atoms with Crippen LogP contribution in [0.1, 0.15) is 31.1 Å². The van der Waals surface area contributed by atoms with Crippen molar-refractivity contribution in [3.63, 3.8) is 0 Å². The standard InChI is InChI=1S/C20H24N2O4/c1-20(2,3)26-19(24)22-9-10-25-17-12-15(11-16(13-17)18(21)23)14-7-5-4-6-8-14/h4-8,11-13H,9-10H2,1-3H3,(H2,21,23)(H,22,24). The number of benzene rings is 2. The number of hydrogen-bond acceptors (Lipinski definition) is 4. The van der Waals surface area contributed by atoms with Crippen molar-refractivity contribution in [3.8, 4) is 16.9 Å². The molecule has 0 aliphatic rings. The van der Waals surface area contributed by atoms with Crippen molar-refractivity contribution in [1.82, 2.24) is 5.32 Å². The van der Waals surface area contributed by atoms with Crippen LogP contribution in [0.2, 0.25) is 0 Å². The number of nitrogens with two attached hydrogens (primary N) is 1. The van der Waals surface area contributed by atoms with E-state index < -0.39 is 17.6 Å². The number of carbonyl (C=O) groups is 2. The summed E-state index contributed by atoms with van der Waals surface area (Å²) in [5.41, 5.74) is 7.01.